The number of nitrogens with zero attached hydrogens (tertiary/aromatic N) is 1. The standard InChI is InChI=1S/C10H11NO2/c1-8-3-2-4-9-10(8)11(7-12)5-6-13-9/h2-4,7H,5-6H2,1H3. The molecule has 0 fully saturated rings. The molecule has 1 aliphatic heterocycles. The van der Waals surface area contributed by atoms with Crippen LogP contribution < -0.4 is 9.64 Å². The second-order valence-electron chi connectivity index (χ2n) is 3.07. The highest BCUT2D eigenvalue weighted by atomic mass is 16.5. The molecule has 0 radical (unpaired) electrons. The van der Waals surface area contributed by atoms with E-state index in [0.29, 0.717) is 13.2 Å². The van der Waals surface area contributed by atoms with Gasteiger partial charge in [-0.3, -0.25) is 4.79 Å². The van der Waals surface area contributed by atoms with Gasteiger partial charge in [0.2, 0.25) is 6.41 Å². The first-order chi connectivity index (χ1) is 6.33. The highest BCUT2D eigenvalue weighted by molar-refractivity contribution is 5.81. The first-order valence-electron chi connectivity index (χ1n) is 4.27. The van der Waals surface area contributed by atoms with Crippen molar-refractivity contribution in [1.82, 2.24) is 0 Å². The monoisotopic (exact) mass is 177 g/mol. The number of carbonyl (C=O) groups excluding carboxylic acids is 1. The van der Waals surface area contributed by atoms with Crippen LogP contribution in [0.1, 0.15) is 5.56 Å². The summed E-state index contributed by atoms with van der Waals surface area (Å²) in [6, 6.07) is 5.80. The maximum atomic E-state index is 10.7. The first kappa shape index (κ1) is 8.10. The molecule has 3 heteroatoms. The van der Waals surface area contributed by atoms with Crippen LogP contribution in [0.25, 0.3) is 0 Å². The van der Waals surface area contributed by atoms with Gasteiger partial charge in [0, 0.05) is 0 Å². The summed E-state index contributed by atoms with van der Waals surface area (Å²) >= 11 is 0. The summed E-state index contributed by atoms with van der Waals surface area (Å²) in [5.41, 5.74) is 1.98. The smallest absolute Gasteiger partial charge is 0.214 e. The molecule has 0 N–H and O–H groups in total. The van der Waals surface area contributed by atoms with Gasteiger partial charge in [-0.05, 0) is 18.6 Å². The summed E-state index contributed by atoms with van der Waals surface area (Å²) in [4.78, 5) is 12.4. The van der Waals surface area contributed by atoms with E-state index in [1.165, 1.54) is 0 Å². The lowest BCUT2D eigenvalue weighted by molar-refractivity contribution is -0.107. The zero-order chi connectivity index (χ0) is 9.26. The normalized spacial score (nSPS) is 14.7. The molecule has 3 nitrogen and oxygen atoms in total. The van der Waals surface area contributed by atoms with E-state index in [-0.39, 0.29) is 0 Å². The molecule has 2 rings (SSSR count). The molecule has 0 saturated heterocycles. The van der Waals surface area contributed by atoms with E-state index in [1.54, 1.807) is 4.90 Å². The van der Waals surface area contributed by atoms with E-state index in [1.807, 2.05) is 25.1 Å². The third-order valence-electron chi connectivity index (χ3n) is 2.20. The Hall–Kier alpha value is -1.51. The number of hydrogen-bond donors (Lipinski definition) is 0. The lowest BCUT2D eigenvalue weighted by atomic mass is 10.1. The molecular formula is C10H11NO2. The minimum Gasteiger partial charge on any atom is -0.490 e. The number of anilines is 1. The molecule has 13 heavy (non-hydrogen) atoms. The van der Waals surface area contributed by atoms with Gasteiger partial charge in [-0.25, -0.2) is 0 Å². The first-order valence-corrected chi connectivity index (χ1v) is 4.27. The van der Waals surface area contributed by atoms with Crippen molar-refractivity contribution in [3.63, 3.8) is 0 Å². The number of carbonyl (C=O) groups is 1. The molecule has 1 aromatic carbocycles. The molecule has 1 aliphatic rings. The van der Waals surface area contributed by atoms with Crippen LogP contribution in [0.5, 0.6) is 5.75 Å². The molecule has 0 aromatic heterocycles. The van der Waals surface area contributed by atoms with Crippen molar-refractivity contribution < 1.29 is 9.53 Å². The van der Waals surface area contributed by atoms with Gasteiger partial charge in [0.25, 0.3) is 0 Å². The highest BCUT2D eigenvalue weighted by Gasteiger charge is 2.18. The van der Waals surface area contributed by atoms with Crippen LogP contribution in [-0.2, 0) is 4.79 Å². The topological polar surface area (TPSA) is 29.5 Å². The summed E-state index contributed by atoms with van der Waals surface area (Å²) in [6.07, 6.45) is 0.856. The van der Waals surface area contributed by atoms with Crippen LogP contribution >= 0.6 is 0 Å². The third-order valence-corrected chi connectivity index (χ3v) is 2.20. The quantitative estimate of drug-likeness (QED) is 0.606. The fraction of sp³-hybridized carbons (Fsp3) is 0.300. The van der Waals surface area contributed by atoms with Gasteiger partial charge >= 0.3 is 0 Å². The predicted molar refractivity (Wildman–Crippen MR) is 50.1 cm³/mol. The van der Waals surface area contributed by atoms with E-state index in [4.69, 9.17) is 4.74 Å². The van der Waals surface area contributed by atoms with Crippen molar-refractivity contribution in [1.29, 1.82) is 0 Å². The van der Waals surface area contributed by atoms with Crippen molar-refractivity contribution >= 4 is 12.1 Å². The number of rotatable bonds is 1. The second kappa shape index (κ2) is 3.09. The van der Waals surface area contributed by atoms with Crippen LogP contribution in [0.15, 0.2) is 18.2 Å². The molecule has 0 atom stereocenters. The van der Waals surface area contributed by atoms with Crippen LogP contribution in [0.3, 0.4) is 0 Å². The summed E-state index contributed by atoms with van der Waals surface area (Å²) in [7, 11) is 0. The largest absolute Gasteiger partial charge is 0.490 e. The number of hydrogen-bond acceptors (Lipinski definition) is 2. The van der Waals surface area contributed by atoms with Crippen molar-refractivity contribution in [2.24, 2.45) is 0 Å². The lowest BCUT2D eigenvalue weighted by Gasteiger charge is -2.27. The summed E-state index contributed by atoms with van der Waals surface area (Å²) in [5.74, 6) is 0.804. The van der Waals surface area contributed by atoms with Gasteiger partial charge in [-0.15, -0.1) is 0 Å². The van der Waals surface area contributed by atoms with E-state index >= 15 is 0 Å². The fourth-order valence-corrected chi connectivity index (χ4v) is 1.59. The maximum Gasteiger partial charge on any atom is 0.214 e. The Kier molecular flexibility index (Phi) is 1.93. The minimum absolute atomic E-state index is 0.579. The third kappa shape index (κ3) is 1.26. The van der Waals surface area contributed by atoms with Crippen molar-refractivity contribution in [2.45, 2.75) is 6.92 Å². The maximum absolute atomic E-state index is 10.7. The summed E-state index contributed by atoms with van der Waals surface area (Å²) in [6.45, 7) is 3.20. The Balaban J connectivity index is 2.53. The predicted octanol–water partition coefficient (Wildman–Crippen LogP) is 1.35. The number of ether oxygens (including phenoxy) is 1. The number of benzene rings is 1. The Bertz CT molecular complexity index is 336. The van der Waals surface area contributed by atoms with Gasteiger partial charge in [0.1, 0.15) is 12.4 Å². The second-order valence-corrected chi connectivity index (χ2v) is 3.07. The van der Waals surface area contributed by atoms with E-state index in [0.717, 1.165) is 23.4 Å². The lowest BCUT2D eigenvalue weighted by Crippen LogP contribution is -2.31. The summed E-state index contributed by atoms with van der Waals surface area (Å²) < 4.78 is 5.44. The number of fused-ring (bicyclic) bond motifs is 1. The average Bonchev–Trinajstić information content (AvgIpc) is 2.17. The van der Waals surface area contributed by atoms with E-state index < -0.39 is 0 Å². The van der Waals surface area contributed by atoms with Gasteiger partial charge in [0.15, 0.2) is 0 Å². The molecule has 0 bridgehead atoms. The van der Waals surface area contributed by atoms with Crippen LogP contribution in [0.2, 0.25) is 0 Å². The fourth-order valence-electron chi connectivity index (χ4n) is 1.59. The Morgan fingerprint density at radius 3 is 3.15 bits per heavy atom. The van der Waals surface area contributed by atoms with E-state index in [2.05, 4.69) is 0 Å². The Morgan fingerprint density at radius 1 is 1.54 bits per heavy atom. The molecule has 1 amide bonds. The Morgan fingerprint density at radius 2 is 2.38 bits per heavy atom. The average molecular weight is 177 g/mol. The molecule has 0 spiro atoms. The number of para-hydroxylation sites is 1. The number of aryl methyl sites for hydroxylation is 1. The van der Waals surface area contributed by atoms with E-state index in [9.17, 15) is 4.79 Å². The molecule has 0 unspecified atom stereocenters. The highest BCUT2D eigenvalue weighted by Crippen LogP contribution is 2.33. The van der Waals surface area contributed by atoms with Crippen molar-refractivity contribution in [3.05, 3.63) is 23.8 Å². The molecule has 0 aliphatic carbocycles. The Labute approximate surface area is 76.9 Å². The number of amides is 1. The molecular weight excluding hydrogens is 166 g/mol. The summed E-state index contributed by atoms with van der Waals surface area (Å²) in [5, 5.41) is 0. The minimum atomic E-state index is 0.579. The van der Waals surface area contributed by atoms with Crippen LogP contribution in [-0.4, -0.2) is 19.6 Å². The van der Waals surface area contributed by atoms with Crippen LogP contribution in [0, 0.1) is 6.92 Å². The van der Waals surface area contributed by atoms with Gasteiger partial charge in [-0.1, -0.05) is 12.1 Å². The zero-order valence-corrected chi connectivity index (χ0v) is 7.49. The van der Waals surface area contributed by atoms with Gasteiger partial charge < -0.3 is 9.64 Å². The molecule has 1 aromatic rings. The van der Waals surface area contributed by atoms with Gasteiger partial charge in [0.05, 0.1) is 12.2 Å². The van der Waals surface area contributed by atoms with Gasteiger partial charge in [-0.2, -0.15) is 0 Å². The van der Waals surface area contributed by atoms with Crippen molar-refractivity contribution in [3.8, 4) is 5.75 Å². The molecule has 68 valence electrons. The molecule has 0 saturated carbocycles. The zero-order valence-electron chi connectivity index (χ0n) is 7.49. The SMILES string of the molecule is Cc1cccc2c1N(C=O)CCO2. The van der Waals surface area contributed by atoms with Crippen LogP contribution in [0.4, 0.5) is 5.69 Å². The van der Waals surface area contributed by atoms with Crippen molar-refractivity contribution in [2.75, 3.05) is 18.1 Å². The molecule has 1 heterocycles.